The lowest BCUT2D eigenvalue weighted by Gasteiger charge is -2.24. The number of amides is 7. The molecule has 0 aliphatic rings. The molecule has 7 amide bonds. The third-order valence-corrected chi connectivity index (χ3v) is 5.71. The first kappa shape index (κ1) is 46.5. The summed E-state index contributed by atoms with van der Waals surface area (Å²) in [6.07, 6.45) is -0.674. The molecule has 0 heterocycles. The molecule has 16 N–H and O–H groups in total. The van der Waals surface area contributed by atoms with Gasteiger partial charge in [-0.1, -0.05) is 13.8 Å². The number of aliphatic hydroxyl groups is 1. The molecule has 5 unspecified atom stereocenters. The summed E-state index contributed by atoms with van der Waals surface area (Å²) >= 11 is 0. The van der Waals surface area contributed by atoms with E-state index in [4.69, 9.17) is 17.2 Å². The van der Waals surface area contributed by atoms with Gasteiger partial charge in [-0.05, 0) is 66.2 Å². The second-order valence-electron chi connectivity index (χ2n) is 9.42. The second kappa shape index (κ2) is 29.8. The largest absolute Gasteiger partial charge is 0.365 e. The number of carbonyl (C=O) groups is 7. The highest BCUT2D eigenvalue weighted by atomic mass is 16.3. The summed E-state index contributed by atoms with van der Waals surface area (Å²) in [6, 6.07) is -3.60. The molecular formula is C27H57N11O8. The van der Waals surface area contributed by atoms with Gasteiger partial charge < -0.3 is 65.3 Å². The summed E-state index contributed by atoms with van der Waals surface area (Å²) in [5, 5.41) is 26.7. The van der Waals surface area contributed by atoms with Gasteiger partial charge in [0.25, 0.3) is 5.91 Å². The molecule has 268 valence electrons. The van der Waals surface area contributed by atoms with E-state index in [0.717, 1.165) is 0 Å². The molecule has 0 rings (SSSR count). The summed E-state index contributed by atoms with van der Waals surface area (Å²) in [7, 11) is 1.50. The predicted molar refractivity (Wildman–Crippen MR) is 172 cm³/mol. The van der Waals surface area contributed by atoms with Gasteiger partial charge in [-0.25, -0.2) is 0 Å². The maximum atomic E-state index is 12.9. The second-order valence-corrected chi connectivity index (χ2v) is 9.42. The van der Waals surface area contributed by atoms with Crippen LogP contribution in [-0.4, -0.2) is 117 Å². The average molecular weight is 664 g/mol. The van der Waals surface area contributed by atoms with Crippen molar-refractivity contribution in [3.8, 4) is 0 Å². The summed E-state index contributed by atoms with van der Waals surface area (Å²) in [6.45, 7) is 7.27. The van der Waals surface area contributed by atoms with Crippen molar-refractivity contribution in [3.63, 3.8) is 0 Å². The van der Waals surface area contributed by atoms with Crippen molar-refractivity contribution < 1.29 is 38.7 Å². The van der Waals surface area contributed by atoms with Gasteiger partial charge in [-0.15, -0.1) is 0 Å². The quantitative estimate of drug-likeness (QED) is 0.0294. The monoisotopic (exact) mass is 663 g/mol. The molecule has 46 heavy (non-hydrogen) atoms. The van der Waals surface area contributed by atoms with Crippen molar-refractivity contribution in [1.29, 1.82) is 0 Å². The van der Waals surface area contributed by atoms with Gasteiger partial charge in [-0.2, -0.15) is 0 Å². The lowest BCUT2D eigenvalue weighted by Crippen LogP contribution is -2.58. The molecule has 0 saturated heterocycles. The van der Waals surface area contributed by atoms with Crippen LogP contribution >= 0.6 is 0 Å². The van der Waals surface area contributed by atoms with E-state index in [1.807, 2.05) is 20.8 Å². The highest BCUT2D eigenvalue weighted by molar-refractivity contribution is 5.95. The van der Waals surface area contributed by atoms with E-state index in [9.17, 15) is 38.7 Å². The van der Waals surface area contributed by atoms with Crippen LogP contribution in [0.1, 0.15) is 59.8 Å². The van der Waals surface area contributed by atoms with Crippen molar-refractivity contribution in [2.45, 2.75) is 90.2 Å². The molecule has 0 aliphatic carbocycles. The third-order valence-electron chi connectivity index (χ3n) is 5.71. The highest BCUT2D eigenvalue weighted by Crippen LogP contribution is 1.99. The first-order valence-electron chi connectivity index (χ1n) is 15.2. The summed E-state index contributed by atoms with van der Waals surface area (Å²) in [5.41, 5.74) is 21.0. The fraction of sp³-hybridized carbons (Fsp3) is 0.741. The van der Waals surface area contributed by atoms with Gasteiger partial charge >= 0.3 is 0 Å². The van der Waals surface area contributed by atoms with Crippen LogP contribution in [0.25, 0.3) is 0 Å². The SMILES string of the molecule is CC.CC(CCN)NC(=O)CCCNC(=O)C(O)NC(=O)C(CCN)NC(=O)C(CCN)NC(=O)C(C)NC(=O)CNC=O.CN. The number of carbonyl (C=O) groups excluding carboxylic acids is 7. The van der Waals surface area contributed by atoms with Crippen molar-refractivity contribution in [3.05, 3.63) is 0 Å². The number of aliphatic hydroxyl groups excluding tert-OH is 1. The molecule has 0 spiro atoms. The van der Waals surface area contributed by atoms with E-state index >= 15 is 0 Å². The van der Waals surface area contributed by atoms with Crippen LogP contribution in [-0.2, 0) is 33.6 Å². The van der Waals surface area contributed by atoms with E-state index in [2.05, 4.69) is 43.0 Å². The van der Waals surface area contributed by atoms with Crippen molar-refractivity contribution in [1.82, 2.24) is 37.2 Å². The third kappa shape index (κ3) is 22.6. The van der Waals surface area contributed by atoms with Gasteiger partial charge in [0.1, 0.15) is 18.1 Å². The number of nitrogens with two attached hydrogens (primary N) is 4. The first-order chi connectivity index (χ1) is 21.9. The summed E-state index contributed by atoms with van der Waals surface area (Å²) in [5.74, 6) is -4.20. The lowest BCUT2D eigenvalue weighted by molar-refractivity contribution is -0.139. The lowest BCUT2D eigenvalue weighted by atomic mass is 10.1. The van der Waals surface area contributed by atoms with Crippen molar-refractivity contribution in [2.75, 3.05) is 39.8 Å². The Labute approximate surface area is 270 Å². The number of hydrogen-bond donors (Lipinski definition) is 12. The fourth-order valence-electron chi connectivity index (χ4n) is 3.46. The number of nitrogens with one attached hydrogen (secondary N) is 7. The minimum atomic E-state index is -1.95. The number of rotatable bonds is 22. The Morgan fingerprint density at radius 2 is 1.20 bits per heavy atom. The predicted octanol–water partition coefficient (Wildman–Crippen LogP) is -5.31. The molecule has 0 aromatic rings. The molecular weight excluding hydrogens is 606 g/mol. The molecule has 0 saturated carbocycles. The summed E-state index contributed by atoms with van der Waals surface area (Å²) in [4.78, 5) is 84.1. The Bertz CT molecular complexity index is 911. The zero-order chi connectivity index (χ0) is 36.1. The average Bonchev–Trinajstić information content (AvgIpc) is 3.03. The van der Waals surface area contributed by atoms with Crippen LogP contribution < -0.4 is 60.2 Å². The molecule has 0 aliphatic heterocycles. The molecule has 19 nitrogen and oxygen atoms in total. The smallest absolute Gasteiger partial charge is 0.269 e. The first-order valence-corrected chi connectivity index (χ1v) is 15.2. The van der Waals surface area contributed by atoms with E-state index in [1.54, 1.807) is 0 Å². The fourth-order valence-corrected chi connectivity index (χ4v) is 3.46. The van der Waals surface area contributed by atoms with Gasteiger partial charge in [0, 0.05) is 19.0 Å². The molecule has 0 aromatic heterocycles. The maximum Gasteiger partial charge on any atom is 0.269 e. The molecule has 0 fully saturated rings. The standard InChI is InChI=1S/C24H46N10O8.C2H6.CH5N/c1-14(5-8-25)30-18(36)4-3-11-29-23(41)24(42)34-22(40)17(7-10-27)33-21(39)16(6-9-26)32-20(38)15(2)31-19(37)12-28-13-35;2*1-2/h13-17,24,42H,3-12,25-27H2,1-2H3,(H,28,35)(H,29,41)(H,30,36)(H,31,37)(H,32,38)(H,33,39)(H,34,40);1-2H3;2H2,1H3. The van der Waals surface area contributed by atoms with Crippen LogP contribution in [0.3, 0.4) is 0 Å². The van der Waals surface area contributed by atoms with Crippen molar-refractivity contribution >= 4 is 41.9 Å². The zero-order valence-electron chi connectivity index (χ0n) is 27.6. The van der Waals surface area contributed by atoms with Crippen LogP contribution in [0.5, 0.6) is 0 Å². The van der Waals surface area contributed by atoms with Gasteiger partial charge in [-0.3, -0.25) is 33.6 Å². The van der Waals surface area contributed by atoms with Crippen LogP contribution in [0.2, 0.25) is 0 Å². The zero-order valence-corrected chi connectivity index (χ0v) is 27.6. The van der Waals surface area contributed by atoms with E-state index in [-0.39, 0.29) is 63.8 Å². The minimum Gasteiger partial charge on any atom is -0.365 e. The van der Waals surface area contributed by atoms with Crippen LogP contribution in [0.4, 0.5) is 0 Å². The maximum absolute atomic E-state index is 12.9. The van der Waals surface area contributed by atoms with E-state index < -0.39 is 53.9 Å². The van der Waals surface area contributed by atoms with Crippen molar-refractivity contribution in [2.24, 2.45) is 22.9 Å². The molecule has 0 bridgehead atoms. The van der Waals surface area contributed by atoms with Crippen LogP contribution in [0, 0.1) is 0 Å². The Morgan fingerprint density at radius 1 is 0.696 bits per heavy atom. The highest BCUT2D eigenvalue weighted by Gasteiger charge is 2.29. The van der Waals surface area contributed by atoms with Gasteiger partial charge in [0.15, 0.2) is 0 Å². The normalized spacial score (nSPS) is 13.2. The summed E-state index contributed by atoms with van der Waals surface area (Å²) < 4.78 is 0. The molecule has 0 aromatic carbocycles. The van der Waals surface area contributed by atoms with E-state index in [0.29, 0.717) is 19.4 Å². The van der Waals surface area contributed by atoms with E-state index in [1.165, 1.54) is 14.0 Å². The number of hydrogen-bond acceptors (Lipinski definition) is 12. The van der Waals surface area contributed by atoms with Gasteiger partial charge in [0.2, 0.25) is 42.2 Å². The minimum absolute atomic E-state index is 0.0105. The Balaban J connectivity index is -0.00000443. The Hall–Kier alpha value is -3.91. The van der Waals surface area contributed by atoms with Gasteiger partial charge in [0.05, 0.1) is 6.54 Å². The Kier molecular flexibility index (Phi) is 30.1. The molecule has 5 atom stereocenters. The molecule has 19 heteroatoms. The molecule has 0 radical (unpaired) electrons. The topological polar surface area (TPSA) is 328 Å². The Morgan fingerprint density at radius 3 is 1.70 bits per heavy atom. The van der Waals surface area contributed by atoms with Crippen LogP contribution in [0.15, 0.2) is 0 Å².